The number of nitrogens with zero attached hydrogens (tertiary/aromatic N) is 2. The zero-order valence-corrected chi connectivity index (χ0v) is 17.3. The molecule has 2 aromatic rings. The fourth-order valence-corrected chi connectivity index (χ4v) is 4.22. The van der Waals surface area contributed by atoms with Crippen LogP contribution < -0.4 is 10.6 Å². The van der Waals surface area contributed by atoms with Gasteiger partial charge in [0.2, 0.25) is 11.8 Å². The summed E-state index contributed by atoms with van der Waals surface area (Å²) in [5.41, 5.74) is 2.08. The fourth-order valence-electron chi connectivity index (χ4n) is 3.39. The Hall–Kier alpha value is -2.25. The molecule has 2 N–H and O–H groups in total. The van der Waals surface area contributed by atoms with E-state index in [2.05, 4.69) is 46.5 Å². The first-order valence-corrected chi connectivity index (χ1v) is 10.6. The lowest BCUT2D eigenvalue weighted by Crippen LogP contribution is -2.57. The molecule has 0 radical (unpaired) electrons. The van der Waals surface area contributed by atoms with Gasteiger partial charge in [0.05, 0.1) is 29.7 Å². The van der Waals surface area contributed by atoms with E-state index < -0.39 is 0 Å². The van der Waals surface area contributed by atoms with Crippen molar-refractivity contribution in [3.05, 3.63) is 52.0 Å². The second-order valence-corrected chi connectivity index (χ2v) is 8.51. The van der Waals surface area contributed by atoms with Crippen LogP contribution in [0.5, 0.6) is 0 Å². The Morgan fingerprint density at radius 1 is 1.36 bits per heavy atom. The van der Waals surface area contributed by atoms with Crippen LogP contribution in [0.1, 0.15) is 36.5 Å². The Morgan fingerprint density at radius 3 is 2.89 bits per heavy atom. The SMILES string of the molecule is CC(C)CN1CCNC(=O)C1CC(=O)NCc1csc(Cc2ccccc2)n1. The van der Waals surface area contributed by atoms with Crippen molar-refractivity contribution in [3.8, 4) is 0 Å². The molecule has 0 saturated carbocycles. The average Bonchev–Trinajstić information content (AvgIpc) is 3.11. The topological polar surface area (TPSA) is 74.3 Å². The third kappa shape index (κ3) is 5.87. The van der Waals surface area contributed by atoms with E-state index in [9.17, 15) is 9.59 Å². The van der Waals surface area contributed by atoms with E-state index in [4.69, 9.17) is 0 Å². The number of nitrogens with one attached hydrogen (secondary N) is 2. The molecule has 1 fully saturated rings. The first-order valence-electron chi connectivity index (χ1n) is 9.77. The molecular formula is C21H28N4O2S. The molecule has 0 aliphatic carbocycles. The molecule has 28 heavy (non-hydrogen) atoms. The van der Waals surface area contributed by atoms with E-state index in [1.165, 1.54) is 5.56 Å². The van der Waals surface area contributed by atoms with Crippen molar-refractivity contribution in [1.29, 1.82) is 0 Å². The lowest BCUT2D eigenvalue weighted by Gasteiger charge is -2.35. The Balaban J connectivity index is 1.50. The summed E-state index contributed by atoms with van der Waals surface area (Å²) in [6.45, 7) is 6.89. The van der Waals surface area contributed by atoms with Gasteiger partial charge >= 0.3 is 0 Å². The van der Waals surface area contributed by atoms with E-state index in [1.54, 1.807) is 11.3 Å². The van der Waals surface area contributed by atoms with E-state index in [-0.39, 0.29) is 24.3 Å². The summed E-state index contributed by atoms with van der Waals surface area (Å²) in [5, 5.41) is 8.80. The Kier molecular flexibility index (Phi) is 7.17. The molecular weight excluding hydrogens is 372 g/mol. The maximum Gasteiger partial charge on any atom is 0.237 e. The van der Waals surface area contributed by atoms with Gasteiger partial charge in [-0.2, -0.15) is 0 Å². The first kappa shape index (κ1) is 20.5. The largest absolute Gasteiger partial charge is 0.353 e. The van der Waals surface area contributed by atoms with Gasteiger partial charge in [0.1, 0.15) is 0 Å². The number of piperazine rings is 1. The van der Waals surface area contributed by atoms with Crippen LogP contribution in [-0.4, -0.2) is 47.4 Å². The number of aromatic nitrogens is 1. The van der Waals surface area contributed by atoms with Crippen LogP contribution in [0.25, 0.3) is 0 Å². The Labute approximate surface area is 170 Å². The Morgan fingerprint density at radius 2 is 2.14 bits per heavy atom. The number of hydrogen-bond donors (Lipinski definition) is 2. The highest BCUT2D eigenvalue weighted by molar-refractivity contribution is 7.09. The molecule has 6 nitrogen and oxygen atoms in total. The van der Waals surface area contributed by atoms with E-state index in [0.717, 1.165) is 30.2 Å². The molecule has 0 spiro atoms. The number of carbonyl (C=O) groups excluding carboxylic acids is 2. The first-order chi connectivity index (χ1) is 13.5. The number of carbonyl (C=O) groups is 2. The lowest BCUT2D eigenvalue weighted by molar-refractivity contribution is -0.134. The fraction of sp³-hybridized carbons (Fsp3) is 0.476. The number of thiazole rings is 1. The predicted octanol–water partition coefficient (Wildman–Crippen LogP) is 2.20. The monoisotopic (exact) mass is 400 g/mol. The molecule has 1 aromatic heterocycles. The van der Waals surface area contributed by atoms with Crippen LogP contribution in [0.4, 0.5) is 0 Å². The van der Waals surface area contributed by atoms with Crippen LogP contribution in [-0.2, 0) is 22.6 Å². The molecule has 1 aromatic carbocycles. The molecule has 1 aliphatic heterocycles. The van der Waals surface area contributed by atoms with Crippen LogP contribution in [0, 0.1) is 5.92 Å². The molecule has 2 amide bonds. The molecule has 7 heteroatoms. The lowest BCUT2D eigenvalue weighted by atomic mass is 10.1. The molecule has 1 saturated heterocycles. The summed E-state index contributed by atoms with van der Waals surface area (Å²) < 4.78 is 0. The molecule has 0 bridgehead atoms. The van der Waals surface area contributed by atoms with Crippen molar-refractivity contribution < 1.29 is 9.59 Å². The maximum absolute atomic E-state index is 12.4. The van der Waals surface area contributed by atoms with Gasteiger partial charge in [-0.3, -0.25) is 14.5 Å². The number of hydrogen-bond acceptors (Lipinski definition) is 5. The smallest absolute Gasteiger partial charge is 0.237 e. The van der Waals surface area contributed by atoms with Crippen LogP contribution in [0.3, 0.4) is 0 Å². The standard InChI is InChI=1S/C21H28N4O2S/c1-15(2)13-25-9-8-22-21(27)18(25)11-19(26)23-12-17-14-28-20(24-17)10-16-6-4-3-5-7-16/h3-7,14-15,18H,8-13H2,1-2H3,(H,22,27)(H,23,26). The highest BCUT2D eigenvalue weighted by Crippen LogP contribution is 2.15. The number of rotatable bonds is 8. The van der Waals surface area contributed by atoms with Crippen LogP contribution in [0.2, 0.25) is 0 Å². The normalized spacial score (nSPS) is 17.5. The predicted molar refractivity (Wildman–Crippen MR) is 111 cm³/mol. The summed E-state index contributed by atoms with van der Waals surface area (Å²) in [6, 6.07) is 9.82. The summed E-state index contributed by atoms with van der Waals surface area (Å²) in [5.74, 6) is 0.281. The minimum absolute atomic E-state index is 0.0548. The van der Waals surface area contributed by atoms with Gasteiger partial charge in [-0.25, -0.2) is 4.98 Å². The molecule has 1 aliphatic rings. The minimum atomic E-state index is -0.389. The molecule has 150 valence electrons. The highest BCUT2D eigenvalue weighted by atomic mass is 32.1. The third-order valence-electron chi connectivity index (χ3n) is 4.68. The maximum atomic E-state index is 12.4. The van der Waals surface area contributed by atoms with Gasteiger partial charge in [0.15, 0.2) is 0 Å². The minimum Gasteiger partial charge on any atom is -0.353 e. The van der Waals surface area contributed by atoms with Crippen LogP contribution in [0.15, 0.2) is 35.7 Å². The molecule has 2 heterocycles. The summed E-state index contributed by atoms with van der Waals surface area (Å²) in [6.07, 6.45) is 0.978. The molecule has 1 unspecified atom stereocenters. The third-order valence-corrected chi connectivity index (χ3v) is 5.58. The zero-order valence-electron chi connectivity index (χ0n) is 16.5. The van der Waals surface area contributed by atoms with Crippen LogP contribution >= 0.6 is 11.3 Å². The van der Waals surface area contributed by atoms with Crippen molar-refractivity contribution in [2.45, 2.75) is 39.3 Å². The van der Waals surface area contributed by atoms with Gasteiger partial charge in [-0.1, -0.05) is 44.2 Å². The van der Waals surface area contributed by atoms with Gasteiger partial charge in [0, 0.05) is 31.4 Å². The van der Waals surface area contributed by atoms with Gasteiger partial charge in [-0.15, -0.1) is 11.3 Å². The summed E-state index contributed by atoms with van der Waals surface area (Å²) in [4.78, 5) is 31.4. The molecule has 1 atom stereocenters. The van der Waals surface area contributed by atoms with Crippen molar-refractivity contribution in [2.75, 3.05) is 19.6 Å². The van der Waals surface area contributed by atoms with Crippen molar-refractivity contribution >= 4 is 23.2 Å². The second kappa shape index (κ2) is 9.80. The van der Waals surface area contributed by atoms with Crippen molar-refractivity contribution in [3.63, 3.8) is 0 Å². The van der Waals surface area contributed by atoms with Gasteiger partial charge < -0.3 is 10.6 Å². The van der Waals surface area contributed by atoms with E-state index >= 15 is 0 Å². The average molecular weight is 401 g/mol. The van der Waals surface area contributed by atoms with Gasteiger partial charge in [-0.05, 0) is 11.5 Å². The van der Waals surface area contributed by atoms with E-state index in [0.29, 0.717) is 19.0 Å². The zero-order chi connectivity index (χ0) is 19.9. The number of amides is 2. The second-order valence-electron chi connectivity index (χ2n) is 7.57. The van der Waals surface area contributed by atoms with E-state index in [1.807, 2.05) is 23.6 Å². The highest BCUT2D eigenvalue weighted by Gasteiger charge is 2.31. The quantitative estimate of drug-likeness (QED) is 0.712. The van der Waals surface area contributed by atoms with Crippen molar-refractivity contribution in [2.24, 2.45) is 5.92 Å². The van der Waals surface area contributed by atoms with Gasteiger partial charge in [0.25, 0.3) is 0 Å². The molecule has 3 rings (SSSR count). The summed E-state index contributed by atoms with van der Waals surface area (Å²) >= 11 is 1.60. The number of benzene rings is 1. The Bertz CT molecular complexity index is 791. The van der Waals surface area contributed by atoms with Crippen molar-refractivity contribution in [1.82, 2.24) is 20.5 Å². The summed E-state index contributed by atoms with van der Waals surface area (Å²) in [7, 11) is 0.